The summed E-state index contributed by atoms with van der Waals surface area (Å²) < 4.78 is 22.2. The fourth-order valence-electron chi connectivity index (χ4n) is 4.04. The van der Waals surface area contributed by atoms with Crippen LogP contribution in [0.15, 0.2) is 42.7 Å². The van der Waals surface area contributed by atoms with Gasteiger partial charge in [-0.1, -0.05) is 51.1 Å². The molecule has 2 N–H and O–H groups in total. The second kappa shape index (κ2) is 9.71. The standard InChI is InChI=1S/C23H33FN4O2/c1-23(2,3)20(21-26-11-12-27(21)15-17-8-5-4-6-9-17)28(16-18(24)14-25)22(29)19-10-7-13-30-19/h4-6,8-9,11-12,18-20H,7,10,13-16,25H2,1-3H3/t18-,19-,20-/m0/s1. The molecule has 2 heterocycles. The quantitative estimate of drug-likeness (QED) is 0.716. The minimum atomic E-state index is -1.31. The van der Waals surface area contributed by atoms with E-state index < -0.39 is 18.3 Å². The average molecular weight is 417 g/mol. The van der Waals surface area contributed by atoms with Crippen LogP contribution >= 0.6 is 0 Å². The molecule has 1 fully saturated rings. The fourth-order valence-corrected chi connectivity index (χ4v) is 4.04. The second-order valence-electron chi connectivity index (χ2n) is 8.99. The number of hydrogen-bond acceptors (Lipinski definition) is 4. The lowest BCUT2D eigenvalue weighted by molar-refractivity contribution is -0.147. The minimum absolute atomic E-state index is 0.0741. The molecule has 1 aromatic heterocycles. The Labute approximate surface area is 178 Å². The first kappa shape index (κ1) is 22.4. The number of halogens is 1. The minimum Gasteiger partial charge on any atom is -0.368 e. The summed E-state index contributed by atoms with van der Waals surface area (Å²) in [7, 11) is 0. The van der Waals surface area contributed by atoms with E-state index in [1.165, 1.54) is 0 Å². The van der Waals surface area contributed by atoms with Gasteiger partial charge in [0.25, 0.3) is 5.91 Å². The number of amides is 1. The Morgan fingerprint density at radius 3 is 2.70 bits per heavy atom. The van der Waals surface area contributed by atoms with Gasteiger partial charge in [-0.25, -0.2) is 9.37 Å². The molecule has 0 radical (unpaired) electrons. The van der Waals surface area contributed by atoms with Gasteiger partial charge in [0.05, 0.1) is 12.6 Å². The number of benzene rings is 1. The summed E-state index contributed by atoms with van der Waals surface area (Å²) in [5.41, 5.74) is 6.33. The van der Waals surface area contributed by atoms with E-state index in [1.807, 2.05) is 49.7 Å². The van der Waals surface area contributed by atoms with E-state index in [0.29, 0.717) is 19.6 Å². The van der Waals surface area contributed by atoms with Gasteiger partial charge in [0.15, 0.2) is 0 Å². The van der Waals surface area contributed by atoms with Crippen molar-refractivity contribution in [1.82, 2.24) is 14.5 Å². The first-order valence-corrected chi connectivity index (χ1v) is 10.6. The third kappa shape index (κ3) is 5.26. The van der Waals surface area contributed by atoms with Gasteiger partial charge < -0.3 is 19.9 Å². The van der Waals surface area contributed by atoms with Crippen molar-refractivity contribution in [2.75, 3.05) is 19.7 Å². The van der Waals surface area contributed by atoms with E-state index in [9.17, 15) is 9.18 Å². The highest BCUT2D eigenvalue weighted by atomic mass is 19.1. The lowest BCUT2D eigenvalue weighted by Crippen LogP contribution is -2.49. The lowest BCUT2D eigenvalue weighted by Gasteiger charge is -2.41. The molecule has 1 saturated heterocycles. The molecule has 0 unspecified atom stereocenters. The maximum Gasteiger partial charge on any atom is 0.252 e. The topological polar surface area (TPSA) is 73.4 Å². The van der Waals surface area contributed by atoms with E-state index in [0.717, 1.165) is 17.8 Å². The van der Waals surface area contributed by atoms with Gasteiger partial charge in [0, 0.05) is 32.1 Å². The molecule has 0 aliphatic carbocycles. The number of imidazole rings is 1. The van der Waals surface area contributed by atoms with Crippen LogP contribution in [-0.2, 0) is 16.1 Å². The number of ether oxygens (including phenoxy) is 1. The normalized spacial score (nSPS) is 18.9. The van der Waals surface area contributed by atoms with Crippen LogP contribution in [0.5, 0.6) is 0 Å². The molecule has 1 amide bonds. The highest BCUT2D eigenvalue weighted by Crippen LogP contribution is 2.39. The summed E-state index contributed by atoms with van der Waals surface area (Å²) in [6, 6.07) is 9.66. The van der Waals surface area contributed by atoms with Crippen LogP contribution in [0.25, 0.3) is 0 Å². The third-order valence-electron chi connectivity index (χ3n) is 5.46. The highest BCUT2D eigenvalue weighted by molar-refractivity contribution is 5.81. The van der Waals surface area contributed by atoms with E-state index >= 15 is 0 Å². The Balaban J connectivity index is 1.98. The number of hydrogen-bond donors (Lipinski definition) is 1. The fraction of sp³-hybridized carbons (Fsp3) is 0.565. The molecular formula is C23H33FN4O2. The Bertz CT molecular complexity index is 812. The monoisotopic (exact) mass is 416 g/mol. The van der Waals surface area contributed by atoms with E-state index in [-0.39, 0.29) is 24.4 Å². The number of rotatable bonds is 8. The molecule has 3 atom stereocenters. The van der Waals surface area contributed by atoms with Crippen molar-refractivity contribution < 1.29 is 13.9 Å². The molecule has 1 aromatic carbocycles. The van der Waals surface area contributed by atoms with Gasteiger partial charge in [-0.15, -0.1) is 0 Å². The molecular weight excluding hydrogens is 383 g/mol. The van der Waals surface area contributed by atoms with Gasteiger partial charge >= 0.3 is 0 Å². The number of alkyl halides is 1. The smallest absolute Gasteiger partial charge is 0.252 e. The Morgan fingerprint density at radius 1 is 1.37 bits per heavy atom. The van der Waals surface area contributed by atoms with Crippen molar-refractivity contribution in [3.63, 3.8) is 0 Å². The lowest BCUT2D eigenvalue weighted by atomic mass is 9.84. The summed E-state index contributed by atoms with van der Waals surface area (Å²) in [5.74, 6) is 0.555. The Morgan fingerprint density at radius 2 is 2.10 bits per heavy atom. The molecule has 164 valence electrons. The Hall–Kier alpha value is -2.25. The molecule has 0 bridgehead atoms. The largest absolute Gasteiger partial charge is 0.368 e. The van der Waals surface area contributed by atoms with Crippen molar-refractivity contribution in [2.24, 2.45) is 11.1 Å². The average Bonchev–Trinajstić information content (AvgIpc) is 3.39. The molecule has 30 heavy (non-hydrogen) atoms. The molecule has 3 rings (SSSR count). The van der Waals surface area contributed by atoms with Crippen LogP contribution in [0, 0.1) is 5.41 Å². The summed E-state index contributed by atoms with van der Waals surface area (Å²) in [6.07, 6.45) is 3.30. The summed E-state index contributed by atoms with van der Waals surface area (Å²) >= 11 is 0. The summed E-state index contributed by atoms with van der Waals surface area (Å²) in [6.45, 7) is 7.11. The van der Waals surface area contributed by atoms with E-state index in [2.05, 4.69) is 17.1 Å². The number of nitrogens with zero attached hydrogens (tertiary/aromatic N) is 3. The predicted octanol–water partition coefficient (Wildman–Crippen LogP) is 3.32. The van der Waals surface area contributed by atoms with Gasteiger partial charge in [0.1, 0.15) is 18.1 Å². The van der Waals surface area contributed by atoms with Crippen molar-refractivity contribution in [3.05, 3.63) is 54.1 Å². The molecule has 7 heteroatoms. The van der Waals surface area contributed by atoms with Crippen molar-refractivity contribution >= 4 is 5.91 Å². The number of nitrogens with two attached hydrogens (primary N) is 1. The van der Waals surface area contributed by atoms with Gasteiger partial charge in [-0.2, -0.15) is 0 Å². The van der Waals surface area contributed by atoms with Gasteiger partial charge in [-0.3, -0.25) is 4.79 Å². The molecule has 0 saturated carbocycles. The molecule has 0 spiro atoms. The summed E-state index contributed by atoms with van der Waals surface area (Å²) in [5, 5.41) is 0. The van der Waals surface area contributed by atoms with Gasteiger partial charge in [-0.05, 0) is 23.8 Å². The molecule has 2 aromatic rings. The van der Waals surface area contributed by atoms with Crippen LogP contribution in [0.4, 0.5) is 4.39 Å². The zero-order chi connectivity index (χ0) is 21.7. The van der Waals surface area contributed by atoms with Crippen LogP contribution in [0.1, 0.15) is 51.0 Å². The molecule has 6 nitrogen and oxygen atoms in total. The van der Waals surface area contributed by atoms with Crippen LogP contribution in [0.2, 0.25) is 0 Å². The molecule has 1 aliphatic heterocycles. The Kier molecular flexibility index (Phi) is 7.26. The second-order valence-corrected chi connectivity index (χ2v) is 8.99. The number of carbonyl (C=O) groups is 1. The third-order valence-corrected chi connectivity index (χ3v) is 5.46. The van der Waals surface area contributed by atoms with E-state index in [4.69, 9.17) is 10.5 Å². The van der Waals surface area contributed by atoms with E-state index in [1.54, 1.807) is 11.1 Å². The van der Waals surface area contributed by atoms with Crippen molar-refractivity contribution in [1.29, 1.82) is 0 Å². The van der Waals surface area contributed by atoms with Crippen molar-refractivity contribution in [2.45, 2.75) is 58.5 Å². The highest BCUT2D eigenvalue weighted by Gasteiger charge is 2.41. The zero-order valence-electron chi connectivity index (χ0n) is 18.1. The van der Waals surface area contributed by atoms with Crippen LogP contribution in [-0.4, -0.2) is 52.3 Å². The number of aromatic nitrogens is 2. The van der Waals surface area contributed by atoms with Crippen LogP contribution < -0.4 is 5.73 Å². The van der Waals surface area contributed by atoms with Gasteiger partial charge in [0.2, 0.25) is 0 Å². The zero-order valence-corrected chi connectivity index (χ0v) is 18.1. The van der Waals surface area contributed by atoms with Crippen LogP contribution in [0.3, 0.4) is 0 Å². The number of carbonyl (C=O) groups excluding carboxylic acids is 1. The predicted molar refractivity (Wildman–Crippen MR) is 115 cm³/mol. The summed E-state index contributed by atoms with van der Waals surface area (Å²) in [4.78, 5) is 19.6. The first-order valence-electron chi connectivity index (χ1n) is 10.6. The maximum absolute atomic E-state index is 14.5. The molecule has 1 aliphatic rings. The maximum atomic E-state index is 14.5. The van der Waals surface area contributed by atoms with Crippen molar-refractivity contribution in [3.8, 4) is 0 Å². The SMILES string of the molecule is CC(C)(C)[C@H](c1nccn1Cc1ccccc1)N(C[C@@H](F)CN)C(=O)[C@@H]1CCCO1. The first-order chi connectivity index (χ1) is 14.3.